The molecule has 4 nitrogen and oxygen atoms in total. The summed E-state index contributed by atoms with van der Waals surface area (Å²) >= 11 is 0. The Kier molecular flexibility index (Phi) is 3.48. The number of fused-ring (bicyclic) bond motifs is 1. The molecule has 4 heteroatoms. The zero-order chi connectivity index (χ0) is 18.7. The number of hydrogen-bond acceptors (Lipinski definition) is 4. The topological polar surface area (TPSA) is 24.9 Å². The second-order valence-electron chi connectivity index (χ2n) is 10.9. The van der Waals surface area contributed by atoms with Crippen LogP contribution in [0.25, 0.3) is 0 Å². The van der Waals surface area contributed by atoms with Gasteiger partial charge in [0.25, 0.3) is 0 Å². The van der Waals surface area contributed by atoms with Crippen LogP contribution in [0.15, 0.2) is 0 Å². The highest BCUT2D eigenvalue weighted by molar-refractivity contribution is 5.27. The Morgan fingerprint density at radius 3 is 2.42 bits per heavy atom. The Balaban J connectivity index is 1.76. The number of hydrogen-bond donors (Lipinski definition) is 0. The number of rotatable bonds is 0. The van der Waals surface area contributed by atoms with E-state index in [0.29, 0.717) is 35.5 Å². The van der Waals surface area contributed by atoms with Crippen molar-refractivity contribution < 1.29 is 9.68 Å². The van der Waals surface area contributed by atoms with Gasteiger partial charge in [-0.25, -0.2) is 0 Å². The molecule has 0 radical (unpaired) electrons. The largest absolute Gasteiger partial charge is 0.295 e. The molecule has 5 aliphatic rings. The zero-order valence-electron chi connectivity index (χ0n) is 17.8. The third kappa shape index (κ3) is 1.58. The Morgan fingerprint density at radius 2 is 1.69 bits per heavy atom. The fourth-order valence-electron chi connectivity index (χ4n) is 8.98. The van der Waals surface area contributed by atoms with Gasteiger partial charge in [0.05, 0.1) is 17.7 Å². The summed E-state index contributed by atoms with van der Waals surface area (Å²) in [6.07, 6.45) is 8.35. The van der Waals surface area contributed by atoms with E-state index in [-0.39, 0.29) is 16.4 Å². The third-order valence-corrected chi connectivity index (χ3v) is 10.8. The van der Waals surface area contributed by atoms with Crippen molar-refractivity contribution in [3.63, 3.8) is 0 Å². The summed E-state index contributed by atoms with van der Waals surface area (Å²) in [5, 5.41) is 4.52. The molecule has 0 aromatic carbocycles. The molecule has 0 amide bonds. The lowest BCUT2D eigenvalue weighted by Gasteiger charge is -2.65. The molecule has 2 saturated heterocycles. The lowest BCUT2D eigenvalue weighted by molar-refractivity contribution is -0.229. The highest BCUT2D eigenvalue weighted by Gasteiger charge is 2.79. The molecule has 5 rings (SSSR count). The maximum Gasteiger partial charge on any atom is 0.0894 e. The van der Waals surface area contributed by atoms with Crippen molar-refractivity contribution in [2.45, 2.75) is 96.9 Å². The van der Waals surface area contributed by atoms with Crippen LogP contribution in [0.1, 0.15) is 73.1 Å². The van der Waals surface area contributed by atoms with Gasteiger partial charge in [0, 0.05) is 31.0 Å². The molecule has 0 aromatic rings. The summed E-state index contributed by atoms with van der Waals surface area (Å²) in [5.74, 6) is 1.27. The summed E-state index contributed by atoms with van der Waals surface area (Å²) in [7, 11) is 4.39. The van der Waals surface area contributed by atoms with Crippen LogP contribution in [0.2, 0.25) is 0 Å². The van der Waals surface area contributed by atoms with E-state index in [0.717, 1.165) is 6.42 Å². The van der Waals surface area contributed by atoms with E-state index in [4.69, 9.17) is 9.68 Å². The second kappa shape index (κ2) is 5.06. The van der Waals surface area contributed by atoms with Crippen LogP contribution < -0.4 is 0 Å². The molecular weight excluding hydrogens is 324 g/mol. The Morgan fingerprint density at radius 1 is 0.962 bits per heavy atom. The first-order valence-electron chi connectivity index (χ1n) is 11.0. The highest BCUT2D eigenvalue weighted by atomic mass is 16.7. The molecule has 2 aliphatic heterocycles. The molecule has 9 atom stereocenters. The Bertz CT molecular complexity index is 627. The van der Waals surface area contributed by atoms with Crippen molar-refractivity contribution in [2.24, 2.45) is 28.1 Å². The third-order valence-electron chi connectivity index (χ3n) is 10.8. The normalized spacial score (nSPS) is 62.7. The average molecular weight is 363 g/mol. The summed E-state index contributed by atoms with van der Waals surface area (Å²) in [4.78, 5) is 13.4. The SMILES string of the molecule is CC1CCC23CCC[C@]24N(C)O[C@H](C[C@@]2(C)C(C)N(C)O[C@H]2[C@@H]3C)C14C. The quantitative estimate of drug-likeness (QED) is 0.643. The molecule has 3 saturated carbocycles. The number of hydroxylamine groups is 4. The minimum absolute atomic E-state index is 0.143. The predicted octanol–water partition coefficient (Wildman–Crippen LogP) is 4.26. The van der Waals surface area contributed by atoms with Gasteiger partial charge in [-0.3, -0.25) is 9.68 Å². The summed E-state index contributed by atoms with van der Waals surface area (Å²) in [6, 6.07) is 0.425. The van der Waals surface area contributed by atoms with E-state index in [2.05, 4.69) is 58.8 Å². The summed E-state index contributed by atoms with van der Waals surface area (Å²) < 4.78 is 0. The first-order valence-corrected chi connectivity index (χ1v) is 11.0. The molecule has 4 unspecified atom stereocenters. The van der Waals surface area contributed by atoms with Gasteiger partial charge in [-0.05, 0) is 56.3 Å². The van der Waals surface area contributed by atoms with Crippen molar-refractivity contribution in [2.75, 3.05) is 14.1 Å². The molecular formula is C22H38N2O2. The smallest absolute Gasteiger partial charge is 0.0894 e. The Labute approximate surface area is 159 Å². The molecule has 2 heterocycles. The molecule has 148 valence electrons. The van der Waals surface area contributed by atoms with Gasteiger partial charge in [0.1, 0.15) is 0 Å². The highest BCUT2D eigenvalue weighted by Crippen LogP contribution is 2.76. The van der Waals surface area contributed by atoms with E-state index < -0.39 is 0 Å². The lowest BCUT2D eigenvalue weighted by atomic mass is 9.40. The van der Waals surface area contributed by atoms with Crippen LogP contribution in [-0.4, -0.2) is 48.0 Å². The fourth-order valence-corrected chi connectivity index (χ4v) is 8.98. The predicted molar refractivity (Wildman–Crippen MR) is 102 cm³/mol. The summed E-state index contributed by atoms with van der Waals surface area (Å²) in [5.41, 5.74) is 0.871. The number of nitrogens with zero attached hydrogens (tertiary/aromatic N) is 2. The van der Waals surface area contributed by atoms with Crippen LogP contribution in [0, 0.1) is 28.1 Å². The van der Waals surface area contributed by atoms with E-state index in [9.17, 15) is 0 Å². The molecule has 3 aliphatic carbocycles. The van der Waals surface area contributed by atoms with Crippen LogP contribution in [0.3, 0.4) is 0 Å². The molecule has 4 bridgehead atoms. The maximum atomic E-state index is 6.80. The van der Waals surface area contributed by atoms with E-state index in [1.54, 1.807) is 0 Å². The van der Waals surface area contributed by atoms with Crippen molar-refractivity contribution in [1.29, 1.82) is 0 Å². The molecule has 26 heavy (non-hydrogen) atoms. The first kappa shape index (κ1) is 17.9. The zero-order valence-corrected chi connectivity index (χ0v) is 17.8. The monoisotopic (exact) mass is 362 g/mol. The van der Waals surface area contributed by atoms with Crippen LogP contribution in [0.4, 0.5) is 0 Å². The van der Waals surface area contributed by atoms with Crippen molar-refractivity contribution >= 4 is 0 Å². The van der Waals surface area contributed by atoms with Crippen LogP contribution in [-0.2, 0) is 9.68 Å². The van der Waals surface area contributed by atoms with Crippen LogP contribution >= 0.6 is 0 Å². The van der Waals surface area contributed by atoms with Crippen molar-refractivity contribution in [3.8, 4) is 0 Å². The maximum absolute atomic E-state index is 6.80. The fraction of sp³-hybridized carbons (Fsp3) is 1.00. The van der Waals surface area contributed by atoms with Gasteiger partial charge in [-0.15, -0.1) is 0 Å². The average Bonchev–Trinajstić information content (AvgIpc) is 3.17. The van der Waals surface area contributed by atoms with E-state index in [1.807, 2.05) is 0 Å². The van der Waals surface area contributed by atoms with Gasteiger partial charge in [0.15, 0.2) is 0 Å². The first-order chi connectivity index (χ1) is 12.1. The molecule has 1 spiro atoms. The minimum atomic E-state index is 0.143. The van der Waals surface area contributed by atoms with Gasteiger partial charge in [-0.1, -0.05) is 34.1 Å². The minimum Gasteiger partial charge on any atom is -0.295 e. The Hall–Kier alpha value is -0.160. The van der Waals surface area contributed by atoms with E-state index in [1.165, 1.54) is 32.1 Å². The molecule has 0 N–H and O–H groups in total. The van der Waals surface area contributed by atoms with Crippen LogP contribution in [0.5, 0.6) is 0 Å². The summed E-state index contributed by atoms with van der Waals surface area (Å²) in [6.45, 7) is 12.4. The van der Waals surface area contributed by atoms with Gasteiger partial charge in [-0.2, -0.15) is 10.1 Å². The van der Waals surface area contributed by atoms with E-state index >= 15 is 0 Å². The van der Waals surface area contributed by atoms with Gasteiger partial charge >= 0.3 is 0 Å². The van der Waals surface area contributed by atoms with Crippen molar-refractivity contribution in [3.05, 3.63) is 0 Å². The van der Waals surface area contributed by atoms with Gasteiger partial charge < -0.3 is 0 Å². The molecule has 5 fully saturated rings. The van der Waals surface area contributed by atoms with Gasteiger partial charge in [0.2, 0.25) is 0 Å². The lowest BCUT2D eigenvalue weighted by Crippen LogP contribution is -2.70. The molecule has 0 aromatic heterocycles. The van der Waals surface area contributed by atoms with Crippen molar-refractivity contribution in [1.82, 2.24) is 10.1 Å². The second-order valence-corrected chi connectivity index (χ2v) is 10.9. The standard InChI is InChI=1S/C22H38N2O2/c1-14-9-12-21-10-8-11-22(21)20(14,5)17(25-24(22)7)13-19(4)16(3)23(6)26-18(19)15(21)2/h14-18H,8-13H2,1-7H3/t14?,15-,16?,17+,18-,19-,20?,21?,22+/m0/s1.